The SMILES string of the molecule is CC[C@H](C)[C@H](NC(=O)[C@H](CCCN=C(N)N)NC(=O)[C@H](CC(C)C)NC(=O)[C@H](Cc1ccccc1)NC(=O)CNC(=O)CN)C(=O)N[C@@H](CCCN=C(N)N)C(=O)N1CCC[C@H]1C(=O)N[C@@H](CCCCN)C(=O)N[C@@H](CC(C)C)C(=O)N[C@@H](CCCCN)C(=O)O. The number of nitrogens with two attached hydrogens (primary N) is 7. The molecule has 1 saturated heterocycles. The van der Waals surface area contributed by atoms with E-state index in [4.69, 9.17) is 40.1 Å². The number of hydrogen-bond acceptors (Lipinski definition) is 16. The highest BCUT2D eigenvalue weighted by molar-refractivity contribution is 5.99. The fourth-order valence-electron chi connectivity index (χ4n) is 10.1. The van der Waals surface area contributed by atoms with Crippen molar-refractivity contribution in [3.63, 3.8) is 0 Å². The van der Waals surface area contributed by atoms with E-state index in [1.54, 1.807) is 44.2 Å². The summed E-state index contributed by atoms with van der Waals surface area (Å²) in [6, 6.07) is -2.48. The Balaban J connectivity index is 2.53. The number of rotatable bonds is 44. The molecule has 0 aliphatic carbocycles. The van der Waals surface area contributed by atoms with Gasteiger partial charge in [-0.25, -0.2) is 4.79 Å². The van der Waals surface area contributed by atoms with Crippen LogP contribution in [0.5, 0.6) is 0 Å². The second kappa shape index (κ2) is 42.7. The number of carboxylic acid groups (broad SMARTS) is 1. The first-order valence-electron chi connectivity index (χ1n) is 31.6. The van der Waals surface area contributed by atoms with Crippen LogP contribution in [0.25, 0.3) is 0 Å². The molecule has 1 aliphatic rings. The molecule has 1 fully saturated rings. The summed E-state index contributed by atoms with van der Waals surface area (Å²) in [5, 5.41) is 34.1. The number of likely N-dealkylation sites (tertiary alicyclic amines) is 1. The fourth-order valence-corrected chi connectivity index (χ4v) is 10.1. The van der Waals surface area contributed by atoms with Gasteiger partial charge in [0.15, 0.2) is 11.9 Å². The van der Waals surface area contributed by atoms with E-state index in [2.05, 4.69) is 57.8 Å². The average Bonchev–Trinajstić information content (AvgIpc) is 2.06. The fraction of sp³-hybridized carbons (Fsp3) is 0.683. The Labute approximate surface area is 534 Å². The molecule has 91 heavy (non-hydrogen) atoms. The zero-order valence-corrected chi connectivity index (χ0v) is 53.9. The Bertz CT molecular complexity index is 2570. The van der Waals surface area contributed by atoms with Crippen LogP contribution in [0.2, 0.25) is 0 Å². The Hall–Kier alpha value is -8.19. The molecule has 1 heterocycles. The molecular formula is C60H105N19O12. The first kappa shape index (κ1) is 78.9. The molecule has 2 rings (SSSR count). The van der Waals surface area contributed by atoms with Gasteiger partial charge in [0, 0.05) is 26.1 Å². The molecule has 10 atom stereocenters. The highest BCUT2D eigenvalue weighted by Crippen LogP contribution is 2.22. The number of carbonyl (C=O) groups excluding carboxylic acids is 10. The molecule has 0 aromatic heterocycles. The number of carbonyl (C=O) groups is 11. The largest absolute Gasteiger partial charge is 0.480 e. The molecule has 1 aromatic rings. The van der Waals surface area contributed by atoms with Gasteiger partial charge in [-0.2, -0.15) is 0 Å². The summed E-state index contributed by atoms with van der Waals surface area (Å²) >= 11 is 0. The van der Waals surface area contributed by atoms with Crippen LogP contribution in [0, 0.1) is 17.8 Å². The summed E-state index contributed by atoms with van der Waals surface area (Å²) < 4.78 is 0. The molecule has 31 heteroatoms. The predicted molar refractivity (Wildman–Crippen MR) is 344 cm³/mol. The lowest BCUT2D eigenvalue weighted by Crippen LogP contribution is -2.61. The normalized spacial score (nSPS) is 15.8. The van der Waals surface area contributed by atoms with Crippen LogP contribution in [-0.4, -0.2) is 187 Å². The number of aliphatic imine (C=N–C) groups is 2. The van der Waals surface area contributed by atoms with E-state index in [-0.39, 0.29) is 121 Å². The summed E-state index contributed by atoms with van der Waals surface area (Å²) in [7, 11) is 0. The monoisotopic (exact) mass is 1280 g/mol. The van der Waals surface area contributed by atoms with E-state index in [0.717, 1.165) is 0 Å². The first-order valence-corrected chi connectivity index (χ1v) is 31.6. The molecule has 0 bridgehead atoms. The molecule has 0 radical (unpaired) electrons. The van der Waals surface area contributed by atoms with Gasteiger partial charge in [0.25, 0.3) is 0 Å². The van der Waals surface area contributed by atoms with E-state index in [9.17, 15) is 57.8 Å². The third-order valence-electron chi connectivity index (χ3n) is 15.2. The van der Waals surface area contributed by atoms with Gasteiger partial charge in [-0.15, -0.1) is 0 Å². The van der Waals surface area contributed by atoms with Gasteiger partial charge in [-0.1, -0.05) is 78.3 Å². The lowest BCUT2D eigenvalue weighted by molar-refractivity contribution is -0.143. The molecule has 10 amide bonds. The van der Waals surface area contributed by atoms with Crippen molar-refractivity contribution in [1.82, 2.24) is 52.8 Å². The van der Waals surface area contributed by atoms with E-state index in [1.165, 1.54) is 4.90 Å². The predicted octanol–water partition coefficient (Wildman–Crippen LogP) is -3.24. The Morgan fingerprint density at radius 3 is 1.52 bits per heavy atom. The molecule has 31 nitrogen and oxygen atoms in total. The number of carboxylic acids is 1. The van der Waals surface area contributed by atoms with Crippen molar-refractivity contribution in [1.29, 1.82) is 0 Å². The highest BCUT2D eigenvalue weighted by atomic mass is 16.4. The van der Waals surface area contributed by atoms with Crippen molar-refractivity contribution in [3.8, 4) is 0 Å². The van der Waals surface area contributed by atoms with E-state index < -0.39 is 132 Å². The van der Waals surface area contributed by atoms with Gasteiger partial charge in [0.2, 0.25) is 59.1 Å². The summed E-state index contributed by atoms with van der Waals surface area (Å²) in [4.78, 5) is 162. The number of amides is 10. The third-order valence-corrected chi connectivity index (χ3v) is 15.2. The quantitative estimate of drug-likeness (QED) is 0.0173. The van der Waals surface area contributed by atoms with Crippen molar-refractivity contribution < 1.29 is 57.8 Å². The maximum absolute atomic E-state index is 14.9. The number of benzene rings is 1. The van der Waals surface area contributed by atoms with Crippen molar-refractivity contribution in [3.05, 3.63) is 35.9 Å². The van der Waals surface area contributed by atoms with Gasteiger partial charge in [-0.3, -0.25) is 57.9 Å². The standard InChI is InChI=1S/C60H105N19O12/c1-7-37(6)49(78-51(83)40(22-15-27-68-59(64)65)72-52(84)43(30-35(2)3)77-54(86)45(32-38-18-9-8-10-19-38)71-48(81)34-70-47(80)33-63)56(88)74-41(23-16-28-69-60(66)67)57(89)79-29-17-24-46(79)55(87)73-39(20-11-13-25-61)50(82)76-44(31-36(4)5)53(85)75-42(58(90)91)21-12-14-26-62/h8-10,18-19,35-37,39-46,49H,7,11-17,20-34,61-63H2,1-6H3,(H,70,80)(H,71,81)(H,72,84)(H,73,87)(H,74,88)(H,75,85)(H,76,82)(H,77,86)(H,78,83)(H,90,91)(H4,64,65,68)(H4,66,67,69)/t37-,39-,40-,41-,42-,43-,44-,45-,46-,49-/m0/s1. The van der Waals surface area contributed by atoms with E-state index in [0.29, 0.717) is 50.6 Å². The lowest BCUT2D eigenvalue weighted by Gasteiger charge is -2.32. The van der Waals surface area contributed by atoms with Crippen molar-refractivity contribution >= 4 is 77.0 Å². The Morgan fingerprint density at radius 1 is 0.549 bits per heavy atom. The second-order valence-corrected chi connectivity index (χ2v) is 23.8. The third kappa shape index (κ3) is 30.5. The number of aliphatic carboxylic acids is 1. The molecule has 0 spiro atoms. The minimum absolute atomic E-state index is 0.00213. The summed E-state index contributed by atoms with van der Waals surface area (Å²) in [6.07, 6.45) is 3.38. The van der Waals surface area contributed by atoms with Gasteiger partial charge < -0.3 is 98.0 Å². The average molecular weight is 1280 g/mol. The van der Waals surface area contributed by atoms with Gasteiger partial charge >= 0.3 is 5.97 Å². The molecular weight excluding hydrogens is 1180 g/mol. The summed E-state index contributed by atoms with van der Waals surface area (Å²) in [5.41, 5.74) is 39.9. The van der Waals surface area contributed by atoms with Crippen LogP contribution in [0.1, 0.15) is 143 Å². The van der Waals surface area contributed by atoms with Gasteiger partial charge in [-0.05, 0) is 126 Å². The van der Waals surface area contributed by atoms with Crippen molar-refractivity contribution in [2.45, 2.75) is 199 Å². The zero-order valence-electron chi connectivity index (χ0n) is 53.9. The molecule has 1 aliphatic heterocycles. The Kier molecular flexibility index (Phi) is 37.1. The smallest absolute Gasteiger partial charge is 0.326 e. The minimum Gasteiger partial charge on any atom is -0.480 e. The van der Waals surface area contributed by atoms with Crippen molar-refractivity contribution in [2.24, 2.45) is 67.9 Å². The second-order valence-electron chi connectivity index (χ2n) is 23.8. The van der Waals surface area contributed by atoms with E-state index >= 15 is 0 Å². The number of guanidine groups is 2. The minimum atomic E-state index is -1.36. The Morgan fingerprint density at radius 2 is 1.01 bits per heavy atom. The van der Waals surface area contributed by atoms with Gasteiger partial charge in [0.05, 0.1) is 13.1 Å². The summed E-state index contributed by atoms with van der Waals surface area (Å²) in [5.74, 6) is -9.75. The topological polar surface area (TPSA) is 526 Å². The van der Waals surface area contributed by atoms with Crippen LogP contribution in [-0.2, 0) is 59.2 Å². The maximum Gasteiger partial charge on any atom is 0.326 e. The highest BCUT2D eigenvalue weighted by Gasteiger charge is 2.41. The first-order chi connectivity index (χ1) is 43.1. The zero-order chi connectivity index (χ0) is 68.2. The molecule has 24 N–H and O–H groups in total. The summed E-state index contributed by atoms with van der Waals surface area (Å²) in [6.45, 7) is 10.7. The number of nitrogens with zero attached hydrogens (tertiary/aromatic N) is 3. The number of unbranched alkanes of at least 4 members (excludes halogenated alkanes) is 2. The maximum atomic E-state index is 14.9. The number of nitrogens with one attached hydrogen (secondary N) is 9. The molecule has 0 saturated carbocycles. The molecule has 0 unspecified atom stereocenters. The van der Waals surface area contributed by atoms with Gasteiger partial charge in [0.1, 0.15) is 54.4 Å². The van der Waals surface area contributed by atoms with Crippen LogP contribution in [0.15, 0.2) is 40.3 Å². The van der Waals surface area contributed by atoms with Crippen LogP contribution in [0.3, 0.4) is 0 Å². The van der Waals surface area contributed by atoms with Crippen molar-refractivity contribution in [2.75, 3.05) is 45.8 Å². The lowest BCUT2D eigenvalue weighted by atomic mass is 9.96. The molecule has 1 aromatic carbocycles. The van der Waals surface area contributed by atoms with E-state index in [1.807, 2.05) is 27.7 Å². The van der Waals surface area contributed by atoms with Crippen LogP contribution >= 0.6 is 0 Å². The van der Waals surface area contributed by atoms with Crippen LogP contribution in [0.4, 0.5) is 0 Å². The number of hydrogen-bond donors (Lipinski definition) is 17. The molecule has 512 valence electrons. The van der Waals surface area contributed by atoms with Crippen LogP contribution < -0.4 is 88.0 Å².